The predicted molar refractivity (Wildman–Crippen MR) is 63.6 cm³/mol. The Labute approximate surface area is 89.9 Å². The minimum absolute atomic E-state index is 0.984. The van der Waals surface area contributed by atoms with Crippen molar-refractivity contribution in [2.75, 3.05) is 19.6 Å². The molecule has 0 bridgehead atoms. The van der Waals surface area contributed by atoms with Crippen LogP contribution in [0.5, 0.6) is 0 Å². The standard InChI is InChI=1S/C13H27N/c1-3-5-9-13(8-4-2)12-14-10-6-7-11-14/h13H,3-12H2,1-2H3. The van der Waals surface area contributed by atoms with E-state index in [4.69, 9.17) is 0 Å². The average molecular weight is 197 g/mol. The summed E-state index contributed by atoms with van der Waals surface area (Å²) >= 11 is 0. The third-order valence-corrected chi connectivity index (χ3v) is 3.38. The second kappa shape index (κ2) is 7.28. The third-order valence-electron chi connectivity index (χ3n) is 3.38. The topological polar surface area (TPSA) is 3.24 Å². The lowest BCUT2D eigenvalue weighted by Gasteiger charge is -2.22. The van der Waals surface area contributed by atoms with Gasteiger partial charge in [0.1, 0.15) is 0 Å². The third kappa shape index (κ3) is 4.45. The fourth-order valence-corrected chi connectivity index (χ4v) is 2.56. The minimum Gasteiger partial charge on any atom is -0.303 e. The van der Waals surface area contributed by atoms with Crippen LogP contribution in [0.25, 0.3) is 0 Å². The van der Waals surface area contributed by atoms with Crippen molar-refractivity contribution in [1.29, 1.82) is 0 Å². The largest absolute Gasteiger partial charge is 0.303 e. The zero-order chi connectivity index (χ0) is 10.2. The van der Waals surface area contributed by atoms with Crippen molar-refractivity contribution in [2.45, 2.75) is 58.8 Å². The molecular weight excluding hydrogens is 170 g/mol. The lowest BCUT2D eigenvalue weighted by atomic mass is 9.96. The Bertz CT molecular complexity index is 127. The van der Waals surface area contributed by atoms with Gasteiger partial charge in [-0.1, -0.05) is 33.1 Å². The van der Waals surface area contributed by atoms with Gasteiger partial charge in [-0.25, -0.2) is 0 Å². The molecule has 1 heterocycles. The number of nitrogens with zero attached hydrogens (tertiary/aromatic N) is 1. The molecule has 0 N–H and O–H groups in total. The van der Waals surface area contributed by atoms with Gasteiger partial charge in [0.25, 0.3) is 0 Å². The number of unbranched alkanes of at least 4 members (excludes halogenated alkanes) is 1. The highest BCUT2D eigenvalue weighted by molar-refractivity contribution is 4.70. The van der Waals surface area contributed by atoms with Gasteiger partial charge in [0.2, 0.25) is 0 Å². The molecule has 1 atom stereocenters. The highest BCUT2D eigenvalue weighted by Gasteiger charge is 2.16. The molecule has 14 heavy (non-hydrogen) atoms. The molecule has 1 saturated heterocycles. The Morgan fingerprint density at radius 3 is 2.29 bits per heavy atom. The molecule has 1 fully saturated rings. The molecule has 1 aliphatic heterocycles. The molecule has 0 aliphatic carbocycles. The van der Waals surface area contributed by atoms with Crippen LogP contribution in [0.2, 0.25) is 0 Å². The second-order valence-corrected chi connectivity index (χ2v) is 4.80. The minimum atomic E-state index is 0.984. The van der Waals surface area contributed by atoms with Crippen LogP contribution in [0, 0.1) is 5.92 Å². The van der Waals surface area contributed by atoms with Crippen molar-refractivity contribution in [3.8, 4) is 0 Å². The zero-order valence-electron chi connectivity index (χ0n) is 10.1. The molecule has 84 valence electrons. The van der Waals surface area contributed by atoms with Gasteiger partial charge in [0.05, 0.1) is 0 Å². The lowest BCUT2D eigenvalue weighted by molar-refractivity contribution is 0.255. The van der Waals surface area contributed by atoms with Gasteiger partial charge in [-0.15, -0.1) is 0 Å². The van der Waals surface area contributed by atoms with Crippen molar-refractivity contribution < 1.29 is 0 Å². The van der Waals surface area contributed by atoms with Crippen molar-refractivity contribution >= 4 is 0 Å². The fraction of sp³-hybridized carbons (Fsp3) is 1.00. The van der Waals surface area contributed by atoms with E-state index < -0.39 is 0 Å². The molecule has 0 aromatic heterocycles. The van der Waals surface area contributed by atoms with Crippen LogP contribution in [0.3, 0.4) is 0 Å². The molecule has 0 saturated carbocycles. The van der Waals surface area contributed by atoms with Gasteiger partial charge in [-0.05, 0) is 44.7 Å². The number of likely N-dealkylation sites (tertiary alicyclic amines) is 1. The molecule has 1 nitrogen and oxygen atoms in total. The van der Waals surface area contributed by atoms with Crippen LogP contribution in [0.1, 0.15) is 58.8 Å². The van der Waals surface area contributed by atoms with Crippen molar-refractivity contribution in [3.05, 3.63) is 0 Å². The summed E-state index contributed by atoms with van der Waals surface area (Å²) in [5.74, 6) is 0.984. The van der Waals surface area contributed by atoms with Crippen LogP contribution in [0.4, 0.5) is 0 Å². The summed E-state index contributed by atoms with van der Waals surface area (Å²) in [6.07, 6.45) is 9.93. The van der Waals surface area contributed by atoms with Gasteiger partial charge in [0.15, 0.2) is 0 Å². The lowest BCUT2D eigenvalue weighted by Crippen LogP contribution is -2.26. The first kappa shape index (κ1) is 12.0. The first-order valence-corrected chi connectivity index (χ1v) is 6.59. The van der Waals surface area contributed by atoms with Gasteiger partial charge in [-0.2, -0.15) is 0 Å². The Balaban J connectivity index is 2.18. The van der Waals surface area contributed by atoms with Crippen LogP contribution < -0.4 is 0 Å². The van der Waals surface area contributed by atoms with E-state index >= 15 is 0 Å². The Hall–Kier alpha value is -0.0400. The molecule has 1 rings (SSSR count). The summed E-state index contributed by atoms with van der Waals surface area (Å²) in [6.45, 7) is 8.74. The number of hydrogen-bond donors (Lipinski definition) is 0. The molecule has 0 aromatic rings. The Kier molecular flexibility index (Phi) is 6.25. The smallest absolute Gasteiger partial charge is 0.000965 e. The van der Waals surface area contributed by atoms with E-state index in [0.29, 0.717) is 0 Å². The van der Waals surface area contributed by atoms with Crippen LogP contribution >= 0.6 is 0 Å². The molecule has 0 aromatic carbocycles. The van der Waals surface area contributed by atoms with E-state index in [1.54, 1.807) is 0 Å². The van der Waals surface area contributed by atoms with E-state index in [1.807, 2.05) is 0 Å². The number of hydrogen-bond acceptors (Lipinski definition) is 1. The normalized spacial score (nSPS) is 20.1. The first-order chi connectivity index (χ1) is 6.86. The molecule has 0 radical (unpaired) electrons. The quantitative estimate of drug-likeness (QED) is 0.601. The summed E-state index contributed by atoms with van der Waals surface area (Å²) in [5, 5.41) is 0. The maximum Gasteiger partial charge on any atom is 0.000965 e. The van der Waals surface area contributed by atoms with E-state index in [1.165, 1.54) is 64.6 Å². The Morgan fingerprint density at radius 1 is 1.00 bits per heavy atom. The molecule has 1 unspecified atom stereocenters. The molecule has 1 aliphatic rings. The monoisotopic (exact) mass is 197 g/mol. The van der Waals surface area contributed by atoms with Crippen LogP contribution in [-0.4, -0.2) is 24.5 Å². The molecule has 0 spiro atoms. The fourth-order valence-electron chi connectivity index (χ4n) is 2.56. The van der Waals surface area contributed by atoms with E-state index in [0.717, 1.165) is 5.92 Å². The summed E-state index contributed by atoms with van der Waals surface area (Å²) in [4.78, 5) is 2.68. The molecule has 1 heteroatoms. The SMILES string of the molecule is CCCCC(CCC)CN1CCCC1. The van der Waals surface area contributed by atoms with Crippen molar-refractivity contribution in [3.63, 3.8) is 0 Å². The van der Waals surface area contributed by atoms with Gasteiger partial charge in [0, 0.05) is 6.54 Å². The maximum atomic E-state index is 2.68. The zero-order valence-corrected chi connectivity index (χ0v) is 10.1. The van der Waals surface area contributed by atoms with Gasteiger partial charge in [-0.3, -0.25) is 0 Å². The predicted octanol–water partition coefficient (Wildman–Crippen LogP) is 3.69. The summed E-state index contributed by atoms with van der Waals surface area (Å²) < 4.78 is 0. The molecular formula is C13H27N. The van der Waals surface area contributed by atoms with Crippen LogP contribution in [-0.2, 0) is 0 Å². The van der Waals surface area contributed by atoms with Crippen LogP contribution in [0.15, 0.2) is 0 Å². The highest BCUT2D eigenvalue weighted by atomic mass is 15.1. The summed E-state index contributed by atoms with van der Waals surface area (Å²) in [6, 6.07) is 0. The second-order valence-electron chi connectivity index (χ2n) is 4.80. The summed E-state index contributed by atoms with van der Waals surface area (Å²) in [7, 11) is 0. The molecule has 0 amide bonds. The van der Waals surface area contributed by atoms with E-state index in [2.05, 4.69) is 18.7 Å². The first-order valence-electron chi connectivity index (χ1n) is 6.59. The van der Waals surface area contributed by atoms with Crippen molar-refractivity contribution in [2.24, 2.45) is 5.92 Å². The highest BCUT2D eigenvalue weighted by Crippen LogP contribution is 2.19. The van der Waals surface area contributed by atoms with Gasteiger partial charge >= 0.3 is 0 Å². The van der Waals surface area contributed by atoms with Crippen molar-refractivity contribution in [1.82, 2.24) is 4.90 Å². The number of rotatable bonds is 7. The maximum absolute atomic E-state index is 2.68. The summed E-state index contributed by atoms with van der Waals surface area (Å²) in [5.41, 5.74) is 0. The Morgan fingerprint density at radius 2 is 1.71 bits per heavy atom. The van der Waals surface area contributed by atoms with E-state index in [9.17, 15) is 0 Å². The average Bonchev–Trinajstić information content (AvgIpc) is 2.67. The van der Waals surface area contributed by atoms with Gasteiger partial charge < -0.3 is 4.90 Å². The van der Waals surface area contributed by atoms with E-state index in [-0.39, 0.29) is 0 Å².